The van der Waals surface area contributed by atoms with Crippen LogP contribution < -0.4 is 16.0 Å². The molecule has 156 valence electrons. The third-order valence-electron chi connectivity index (χ3n) is 4.61. The van der Waals surface area contributed by atoms with Crippen LogP contribution in [0.1, 0.15) is 21.9 Å². The summed E-state index contributed by atoms with van der Waals surface area (Å²) < 4.78 is 0. The van der Waals surface area contributed by atoms with Gasteiger partial charge in [0.15, 0.2) is 0 Å². The highest BCUT2D eigenvalue weighted by molar-refractivity contribution is 6.05. The topological polar surface area (TPSA) is 105 Å². The number of hydrogen-bond donors (Lipinski definition) is 3. The average molecular weight is 413 g/mol. The van der Waals surface area contributed by atoms with Gasteiger partial charge in [-0.05, 0) is 43.0 Å². The molecule has 3 heterocycles. The fourth-order valence-corrected chi connectivity index (χ4v) is 3.21. The van der Waals surface area contributed by atoms with Gasteiger partial charge in [0.1, 0.15) is 29.0 Å². The number of hydrogen-bond acceptors (Lipinski definition) is 7. The van der Waals surface area contributed by atoms with Crippen molar-refractivity contribution in [2.75, 3.05) is 23.7 Å². The maximum absolute atomic E-state index is 12.6. The number of benzene rings is 1. The molecule has 0 aliphatic carbocycles. The van der Waals surface area contributed by atoms with Gasteiger partial charge in [-0.3, -0.25) is 9.78 Å². The van der Waals surface area contributed by atoms with E-state index >= 15 is 0 Å². The zero-order chi connectivity index (χ0) is 21.6. The lowest BCUT2D eigenvalue weighted by atomic mass is 10.1. The summed E-state index contributed by atoms with van der Waals surface area (Å²) in [4.78, 5) is 29.9. The minimum atomic E-state index is -0.203. The number of carbonyl (C=O) groups is 1. The van der Waals surface area contributed by atoms with Gasteiger partial charge in [0.2, 0.25) is 0 Å². The van der Waals surface area contributed by atoms with Gasteiger partial charge >= 0.3 is 0 Å². The summed E-state index contributed by atoms with van der Waals surface area (Å²) in [5.41, 5.74) is 1.53. The first-order valence-corrected chi connectivity index (χ1v) is 10.00. The lowest BCUT2D eigenvalue weighted by Crippen LogP contribution is -2.29. The second-order valence-electron chi connectivity index (χ2n) is 7.09. The largest absolute Gasteiger partial charge is 0.368 e. The van der Waals surface area contributed by atoms with Crippen LogP contribution in [0.25, 0.3) is 10.8 Å². The molecule has 0 aliphatic rings. The molecule has 0 unspecified atom stereocenters. The van der Waals surface area contributed by atoms with E-state index in [4.69, 9.17) is 0 Å². The smallest absolute Gasteiger partial charge is 0.270 e. The van der Waals surface area contributed by atoms with E-state index in [1.54, 1.807) is 12.4 Å². The number of nitrogens with one attached hydrogen (secondary N) is 3. The third kappa shape index (κ3) is 5.11. The second kappa shape index (κ2) is 9.17. The number of aromatic nitrogens is 4. The monoisotopic (exact) mass is 413 g/mol. The van der Waals surface area contributed by atoms with Gasteiger partial charge < -0.3 is 16.0 Å². The Balaban J connectivity index is 1.35. The number of amides is 1. The van der Waals surface area contributed by atoms with Gasteiger partial charge in [-0.1, -0.05) is 24.3 Å². The van der Waals surface area contributed by atoms with Crippen molar-refractivity contribution in [2.24, 2.45) is 0 Å². The van der Waals surface area contributed by atoms with Crippen LogP contribution in [0.3, 0.4) is 0 Å². The zero-order valence-corrected chi connectivity index (χ0v) is 17.4. The van der Waals surface area contributed by atoms with Crippen LogP contribution >= 0.6 is 0 Å². The maximum atomic E-state index is 12.6. The molecule has 0 bridgehead atoms. The van der Waals surface area contributed by atoms with Crippen LogP contribution in [-0.2, 0) is 0 Å². The summed E-state index contributed by atoms with van der Waals surface area (Å²) >= 11 is 0. The molecule has 4 rings (SSSR count). The fourth-order valence-electron chi connectivity index (χ4n) is 3.21. The molecule has 0 radical (unpaired) electrons. The molecule has 8 heteroatoms. The number of pyridine rings is 2. The number of aryl methyl sites for hydroxylation is 2. The highest BCUT2D eigenvalue weighted by Crippen LogP contribution is 2.17. The van der Waals surface area contributed by atoms with Crippen LogP contribution in [0, 0.1) is 13.8 Å². The van der Waals surface area contributed by atoms with E-state index in [0.29, 0.717) is 36.2 Å². The Kier molecular flexibility index (Phi) is 5.98. The highest BCUT2D eigenvalue weighted by atomic mass is 16.1. The Morgan fingerprint density at radius 1 is 0.871 bits per heavy atom. The Hall–Kier alpha value is -4.07. The summed E-state index contributed by atoms with van der Waals surface area (Å²) in [5, 5.41) is 11.1. The molecular formula is C23H23N7O. The molecule has 3 aromatic heterocycles. The second-order valence-corrected chi connectivity index (χ2v) is 7.09. The van der Waals surface area contributed by atoms with Gasteiger partial charge in [-0.2, -0.15) is 0 Å². The van der Waals surface area contributed by atoms with Crippen LogP contribution in [0.2, 0.25) is 0 Å². The van der Waals surface area contributed by atoms with Crippen molar-refractivity contribution in [3.8, 4) is 0 Å². The lowest BCUT2D eigenvalue weighted by Gasteiger charge is -2.11. The lowest BCUT2D eigenvalue weighted by molar-refractivity contribution is 0.0952. The Morgan fingerprint density at radius 3 is 2.55 bits per heavy atom. The van der Waals surface area contributed by atoms with Crippen molar-refractivity contribution in [3.05, 3.63) is 78.0 Å². The van der Waals surface area contributed by atoms with Crippen LogP contribution in [0.4, 0.5) is 17.5 Å². The van der Waals surface area contributed by atoms with Crippen molar-refractivity contribution in [2.45, 2.75) is 13.8 Å². The Bertz CT molecular complexity index is 1220. The summed E-state index contributed by atoms with van der Waals surface area (Å²) in [5.74, 6) is 2.46. The third-order valence-corrected chi connectivity index (χ3v) is 4.61. The first-order chi connectivity index (χ1) is 15.1. The molecule has 0 aliphatic heterocycles. The molecule has 1 aromatic carbocycles. The Labute approximate surface area is 180 Å². The molecule has 0 fully saturated rings. The minimum Gasteiger partial charge on any atom is -0.368 e. The SMILES string of the molecule is Cc1ccnc(Nc2cc(NCCNC(=O)c3nccc4ccccc34)nc(C)n2)c1. The van der Waals surface area contributed by atoms with Crippen LogP contribution in [0.15, 0.2) is 60.9 Å². The van der Waals surface area contributed by atoms with E-state index in [1.165, 1.54) is 0 Å². The molecule has 31 heavy (non-hydrogen) atoms. The average Bonchev–Trinajstić information content (AvgIpc) is 2.76. The summed E-state index contributed by atoms with van der Waals surface area (Å²) in [6, 6.07) is 15.3. The zero-order valence-electron chi connectivity index (χ0n) is 17.4. The molecular weight excluding hydrogens is 390 g/mol. The van der Waals surface area contributed by atoms with E-state index in [2.05, 4.69) is 35.9 Å². The van der Waals surface area contributed by atoms with E-state index in [-0.39, 0.29) is 5.91 Å². The van der Waals surface area contributed by atoms with Crippen LogP contribution in [-0.4, -0.2) is 38.9 Å². The van der Waals surface area contributed by atoms with Crippen molar-refractivity contribution in [3.63, 3.8) is 0 Å². The van der Waals surface area contributed by atoms with Crippen molar-refractivity contribution < 1.29 is 4.79 Å². The molecule has 3 N–H and O–H groups in total. The molecule has 8 nitrogen and oxygen atoms in total. The fraction of sp³-hybridized carbons (Fsp3) is 0.174. The van der Waals surface area contributed by atoms with Crippen molar-refractivity contribution >= 4 is 34.1 Å². The summed E-state index contributed by atoms with van der Waals surface area (Å²) in [6.07, 6.45) is 3.40. The number of rotatable bonds is 7. The number of anilines is 3. The van der Waals surface area contributed by atoms with Gasteiger partial charge in [0.05, 0.1) is 0 Å². The normalized spacial score (nSPS) is 10.6. The van der Waals surface area contributed by atoms with Gasteiger partial charge in [0, 0.05) is 36.9 Å². The molecule has 0 saturated carbocycles. The number of carbonyl (C=O) groups excluding carboxylic acids is 1. The van der Waals surface area contributed by atoms with Crippen molar-refractivity contribution in [1.29, 1.82) is 0 Å². The predicted octanol–water partition coefficient (Wildman–Crippen LogP) is 3.62. The molecule has 4 aromatic rings. The molecule has 1 amide bonds. The standard InChI is InChI=1S/C23H23N7O/c1-15-7-9-24-19(13-15)30-21-14-20(28-16(2)29-21)25-11-12-27-23(31)22-18-6-4-3-5-17(18)8-10-26-22/h3-10,13-14H,11-12H2,1-2H3,(H,27,31)(H2,24,25,28,29,30). The maximum Gasteiger partial charge on any atom is 0.270 e. The predicted molar refractivity (Wildman–Crippen MR) is 122 cm³/mol. The highest BCUT2D eigenvalue weighted by Gasteiger charge is 2.11. The molecule has 0 spiro atoms. The summed E-state index contributed by atoms with van der Waals surface area (Å²) in [6.45, 7) is 4.77. The molecule has 0 atom stereocenters. The number of fused-ring (bicyclic) bond motifs is 1. The van der Waals surface area contributed by atoms with E-state index in [9.17, 15) is 4.79 Å². The van der Waals surface area contributed by atoms with E-state index in [0.717, 1.165) is 22.2 Å². The van der Waals surface area contributed by atoms with Crippen LogP contribution in [0.5, 0.6) is 0 Å². The quantitative estimate of drug-likeness (QED) is 0.397. The van der Waals surface area contributed by atoms with Gasteiger partial charge in [-0.15, -0.1) is 0 Å². The first-order valence-electron chi connectivity index (χ1n) is 10.00. The van der Waals surface area contributed by atoms with Gasteiger partial charge in [-0.25, -0.2) is 15.0 Å². The summed E-state index contributed by atoms with van der Waals surface area (Å²) in [7, 11) is 0. The molecule has 0 saturated heterocycles. The Morgan fingerprint density at radius 2 is 1.68 bits per heavy atom. The minimum absolute atomic E-state index is 0.203. The van der Waals surface area contributed by atoms with Gasteiger partial charge in [0.25, 0.3) is 5.91 Å². The first kappa shape index (κ1) is 20.2. The van der Waals surface area contributed by atoms with Crippen molar-refractivity contribution in [1.82, 2.24) is 25.3 Å². The van der Waals surface area contributed by atoms with E-state index < -0.39 is 0 Å². The number of nitrogens with zero attached hydrogens (tertiary/aromatic N) is 4. The van der Waals surface area contributed by atoms with E-state index in [1.807, 2.05) is 62.4 Å².